The number of carbonyl (C=O) groups is 2. The molecular weight excluding hydrogens is 270 g/mol. The molecule has 0 radical (unpaired) electrons. The molecule has 1 saturated heterocycles. The van der Waals surface area contributed by atoms with Crippen molar-refractivity contribution in [2.24, 2.45) is 7.05 Å². The average Bonchev–Trinajstić information content (AvgIpc) is 2.88. The first-order chi connectivity index (χ1) is 9.97. The zero-order chi connectivity index (χ0) is 15.1. The van der Waals surface area contributed by atoms with Crippen LogP contribution >= 0.6 is 0 Å². The minimum absolute atomic E-state index is 0.144. The number of amides is 2. The topological polar surface area (TPSA) is 80.1 Å². The van der Waals surface area contributed by atoms with Crippen molar-refractivity contribution in [3.63, 3.8) is 0 Å². The van der Waals surface area contributed by atoms with E-state index < -0.39 is 6.04 Å². The molecule has 1 atom stereocenters. The second kappa shape index (κ2) is 4.92. The standard InChI is InChI=1S/C14H17N5O2/c1-8-10-4-9(7-16-13(10)19(3)17-8)6-15-11-5-12(20)18(2)14(11)21/h4,7,11,15H,5-6H2,1-3H3. The van der Waals surface area contributed by atoms with Gasteiger partial charge in [-0.3, -0.25) is 19.2 Å². The van der Waals surface area contributed by atoms with Crippen molar-refractivity contribution in [2.75, 3.05) is 7.05 Å². The Morgan fingerprint density at radius 3 is 2.81 bits per heavy atom. The largest absolute Gasteiger partial charge is 0.301 e. The summed E-state index contributed by atoms with van der Waals surface area (Å²) in [5.41, 5.74) is 2.73. The van der Waals surface area contributed by atoms with E-state index >= 15 is 0 Å². The van der Waals surface area contributed by atoms with Crippen LogP contribution in [0.3, 0.4) is 0 Å². The lowest BCUT2D eigenvalue weighted by Crippen LogP contribution is -2.36. The van der Waals surface area contributed by atoms with Crippen molar-refractivity contribution in [1.82, 2.24) is 25.0 Å². The van der Waals surface area contributed by atoms with Crippen LogP contribution in [0.1, 0.15) is 17.7 Å². The summed E-state index contributed by atoms with van der Waals surface area (Å²) in [6.07, 6.45) is 1.98. The second-order valence-electron chi connectivity index (χ2n) is 5.35. The van der Waals surface area contributed by atoms with Crippen LogP contribution in [0.5, 0.6) is 0 Å². The second-order valence-corrected chi connectivity index (χ2v) is 5.35. The van der Waals surface area contributed by atoms with Crippen molar-refractivity contribution in [3.05, 3.63) is 23.5 Å². The van der Waals surface area contributed by atoms with E-state index in [1.54, 1.807) is 10.9 Å². The lowest BCUT2D eigenvalue weighted by atomic mass is 10.2. The summed E-state index contributed by atoms with van der Waals surface area (Å²) < 4.78 is 1.75. The Balaban J connectivity index is 1.75. The number of carbonyl (C=O) groups excluding carboxylic acids is 2. The summed E-state index contributed by atoms with van der Waals surface area (Å²) in [6.45, 7) is 2.43. The Hall–Kier alpha value is -2.28. The van der Waals surface area contributed by atoms with Gasteiger partial charge in [-0.05, 0) is 18.6 Å². The third-order valence-electron chi connectivity index (χ3n) is 3.85. The summed E-state index contributed by atoms with van der Waals surface area (Å²) in [4.78, 5) is 28.9. The molecule has 3 rings (SSSR count). The van der Waals surface area contributed by atoms with Crippen LogP contribution in [0.25, 0.3) is 11.0 Å². The summed E-state index contributed by atoms with van der Waals surface area (Å²) in [5.74, 6) is -0.319. The first kappa shape index (κ1) is 13.7. The van der Waals surface area contributed by atoms with Gasteiger partial charge in [-0.2, -0.15) is 5.10 Å². The third kappa shape index (κ3) is 2.29. The zero-order valence-corrected chi connectivity index (χ0v) is 12.3. The van der Waals surface area contributed by atoms with Gasteiger partial charge < -0.3 is 5.32 Å². The first-order valence-electron chi connectivity index (χ1n) is 6.79. The van der Waals surface area contributed by atoms with Crippen molar-refractivity contribution in [1.29, 1.82) is 0 Å². The number of nitrogens with zero attached hydrogens (tertiary/aromatic N) is 4. The van der Waals surface area contributed by atoms with E-state index in [1.165, 1.54) is 11.9 Å². The highest BCUT2D eigenvalue weighted by Gasteiger charge is 2.35. The smallest absolute Gasteiger partial charge is 0.246 e. The van der Waals surface area contributed by atoms with Gasteiger partial charge in [-0.15, -0.1) is 0 Å². The molecule has 7 nitrogen and oxygen atoms in total. The van der Waals surface area contributed by atoms with Crippen LogP contribution < -0.4 is 5.32 Å². The molecule has 1 fully saturated rings. The zero-order valence-electron chi connectivity index (χ0n) is 12.3. The van der Waals surface area contributed by atoms with E-state index in [1.807, 2.05) is 20.0 Å². The van der Waals surface area contributed by atoms with E-state index in [-0.39, 0.29) is 18.2 Å². The molecule has 110 valence electrons. The van der Waals surface area contributed by atoms with Gasteiger partial charge in [0.1, 0.15) is 0 Å². The maximum atomic E-state index is 11.8. The number of hydrogen-bond donors (Lipinski definition) is 1. The Bertz CT molecular complexity index is 736. The fourth-order valence-electron chi connectivity index (χ4n) is 2.60. The molecule has 21 heavy (non-hydrogen) atoms. The van der Waals surface area contributed by atoms with Gasteiger partial charge in [0.15, 0.2) is 5.65 Å². The maximum absolute atomic E-state index is 11.8. The van der Waals surface area contributed by atoms with Gasteiger partial charge in [0.05, 0.1) is 18.2 Å². The Morgan fingerprint density at radius 2 is 2.14 bits per heavy atom. The van der Waals surface area contributed by atoms with Gasteiger partial charge in [0, 0.05) is 32.2 Å². The molecule has 1 N–H and O–H groups in total. The van der Waals surface area contributed by atoms with Crippen molar-refractivity contribution >= 4 is 22.8 Å². The molecule has 0 aromatic carbocycles. The summed E-state index contributed by atoms with van der Waals surface area (Å²) >= 11 is 0. The molecule has 3 heterocycles. The maximum Gasteiger partial charge on any atom is 0.246 e. The number of likely N-dealkylation sites (tertiary alicyclic amines) is 1. The lowest BCUT2D eigenvalue weighted by Gasteiger charge is -2.10. The molecule has 1 aliphatic rings. The minimum Gasteiger partial charge on any atom is -0.301 e. The van der Waals surface area contributed by atoms with Crippen LogP contribution in [-0.4, -0.2) is 44.6 Å². The van der Waals surface area contributed by atoms with Crippen LogP contribution in [0, 0.1) is 6.92 Å². The molecule has 2 amide bonds. The van der Waals surface area contributed by atoms with Crippen molar-refractivity contribution < 1.29 is 9.59 Å². The Labute approximate surface area is 121 Å². The fraction of sp³-hybridized carbons (Fsp3) is 0.429. The molecule has 0 spiro atoms. The summed E-state index contributed by atoms with van der Waals surface area (Å²) in [6, 6.07) is 1.58. The number of aryl methyl sites for hydroxylation is 2. The van der Waals surface area contributed by atoms with Crippen molar-refractivity contribution in [2.45, 2.75) is 25.9 Å². The quantitative estimate of drug-likeness (QED) is 0.811. The van der Waals surface area contributed by atoms with Gasteiger partial charge in [-0.1, -0.05) is 0 Å². The Kier molecular flexibility index (Phi) is 3.21. The van der Waals surface area contributed by atoms with Gasteiger partial charge in [0.2, 0.25) is 11.8 Å². The number of pyridine rings is 1. The van der Waals surface area contributed by atoms with Crippen molar-refractivity contribution in [3.8, 4) is 0 Å². The number of likely N-dealkylation sites (N-methyl/N-ethyl adjacent to an activating group) is 1. The summed E-state index contributed by atoms with van der Waals surface area (Å²) in [7, 11) is 3.37. The molecule has 0 saturated carbocycles. The highest BCUT2D eigenvalue weighted by atomic mass is 16.2. The third-order valence-corrected chi connectivity index (χ3v) is 3.85. The van der Waals surface area contributed by atoms with Gasteiger partial charge in [-0.25, -0.2) is 4.98 Å². The van der Waals surface area contributed by atoms with Crippen LogP contribution in [0.2, 0.25) is 0 Å². The predicted molar refractivity (Wildman–Crippen MR) is 76.3 cm³/mol. The number of imide groups is 1. The number of hydrogen-bond acceptors (Lipinski definition) is 5. The summed E-state index contributed by atoms with van der Waals surface area (Å²) in [5, 5.41) is 8.45. The van der Waals surface area contributed by atoms with E-state index in [9.17, 15) is 9.59 Å². The molecular formula is C14H17N5O2. The van der Waals surface area contributed by atoms with E-state index in [4.69, 9.17) is 0 Å². The van der Waals surface area contributed by atoms with E-state index in [0.29, 0.717) is 6.54 Å². The number of aromatic nitrogens is 3. The molecule has 2 aromatic rings. The normalized spacial score (nSPS) is 19.0. The molecule has 1 aliphatic heterocycles. The highest BCUT2D eigenvalue weighted by Crippen LogP contribution is 2.17. The van der Waals surface area contributed by atoms with E-state index in [2.05, 4.69) is 15.4 Å². The monoisotopic (exact) mass is 287 g/mol. The van der Waals surface area contributed by atoms with Crippen LogP contribution in [0.4, 0.5) is 0 Å². The fourth-order valence-corrected chi connectivity index (χ4v) is 2.60. The molecule has 0 bridgehead atoms. The Morgan fingerprint density at radius 1 is 1.38 bits per heavy atom. The molecule has 7 heteroatoms. The van der Waals surface area contributed by atoms with Gasteiger partial charge >= 0.3 is 0 Å². The highest BCUT2D eigenvalue weighted by molar-refractivity contribution is 6.05. The lowest BCUT2D eigenvalue weighted by molar-refractivity contribution is -0.137. The van der Waals surface area contributed by atoms with Gasteiger partial charge in [0.25, 0.3) is 0 Å². The predicted octanol–water partition coefficient (Wildman–Crippen LogP) is 0.124. The SMILES string of the molecule is Cc1nn(C)c2ncc(CNC3CC(=O)N(C)C3=O)cc12. The minimum atomic E-state index is -0.437. The number of rotatable bonds is 3. The van der Waals surface area contributed by atoms with Crippen LogP contribution in [-0.2, 0) is 23.2 Å². The van der Waals surface area contributed by atoms with E-state index in [0.717, 1.165) is 22.3 Å². The van der Waals surface area contributed by atoms with Crippen LogP contribution in [0.15, 0.2) is 12.3 Å². The molecule has 0 aliphatic carbocycles. The average molecular weight is 287 g/mol. The first-order valence-corrected chi connectivity index (χ1v) is 6.79. The number of nitrogens with one attached hydrogen (secondary N) is 1. The molecule has 1 unspecified atom stereocenters. The molecule has 2 aromatic heterocycles. The number of fused-ring (bicyclic) bond motifs is 1.